The van der Waals surface area contributed by atoms with E-state index in [1.807, 2.05) is 0 Å². The van der Waals surface area contributed by atoms with E-state index in [1.54, 1.807) is 0 Å². The molecule has 132 valence electrons. The van der Waals surface area contributed by atoms with Gasteiger partial charge in [0.1, 0.15) is 12.1 Å². The Balaban J connectivity index is 2.82. The third-order valence-electron chi connectivity index (χ3n) is 4.03. The quantitative estimate of drug-likeness (QED) is 0.307. The highest BCUT2D eigenvalue weighted by molar-refractivity contribution is 7.80. The molecule has 0 bridgehead atoms. The second-order valence-electron chi connectivity index (χ2n) is 5.76. The van der Waals surface area contributed by atoms with Gasteiger partial charge in [-0.1, -0.05) is 19.3 Å². The molecule has 8 nitrogen and oxygen atoms in total. The van der Waals surface area contributed by atoms with E-state index in [0.717, 1.165) is 32.1 Å². The summed E-state index contributed by atoms with van der Waals surface area (Å²) in [6, 6.07) is -3.10. The fourth-order valence-corrected chi connectivity index (χ4v) is 2.82. The maximum Gasteiger partial charge on any atom is 0.328 e. The topological polar surface area (TPSA) is 142 Å². The predicted molar refractivity (Wildman–Crippen MR) is 87.0 cm³/mol. The van der Waals surface area contributed by atoms with Crippen LogP contribution in [0.25, 0.3) is 0 Å². The van der Waals surface area contributed by atoms with E-state index in [9.17, 15) is 14.4 Å². The molecule has 1 saturated carbocycles. The molecule has 0 aliphatic heterocycles. The van der Waals surface area contributed by atoms with Crippen molar-refractivity contribution in [2.24, 2.45) is 11.7 Å². The van der Waals surface area contributed by atoms with Crippen molar-refractivity contribution in [1.29, 1.82) is 0 Å². The van der Waals surface area contributed by atoms with Crippen molar-refractivity contribution in [1.82, 2.24) is 10.6 Å². The average Bonchev–Trinajstić information content (AvgIpc) is 2.56. The van der Waals surface area contributed by atoms with Crippen molar-refractivity contribution in [3.05, 3.63) is 0 Å². The Labute approximate surface area is 140 Å². The van der Waals surface area contributed by atoms with E-state index in [-0.39, 0.29) is 11.7 Å². The second-order valence-corrected chi connectivity index (χ2v) is 6.12. The molecule has 0 aromatic heterocycles. The molecule has 23 heavy (non-hydrogen) atoms. The van der Waals surface area contributed by atoms with Gasteiger partial charge in [-0.2, -0.15) is 12.6 Å². The number of thiol groups is 1. The fourth-order valence-electron chi connectivity index (χ4n) is 2.66. The number of carbonyl (C=O) groups is 3. The van der Waals surface area contributed by atoms with Crippen LogP contribution in [-0.2, 0) is 14.4 Å². The van der Waals surface area contributed by atoms with E-state index in [1.165, 1.54) is 0 Å². The van der Waals surface area contributed by atoms with Crippen molar-refractivity contribution in [3.63, 3.8) is 0 Å². The number of nitrogens with one attached hydrogen (secondary N) is 2. The Bertz CT molecular complexity index is 429. The van der Waals surface area contributed by atoms with E-state index in [0.29, 0.717) is 0 Å². The minimum absolute atomic E-state index is 0.0760. The lowest BCUT2D eigenvalue weighted by molar-refractivity contribution is -0.143. The summed E-state index contributed by atoms with van der Waals surface area (Å²) in [7, 11) is 0. The first-order chi connectivity index (χ1) is 10.9. The predicted octanol–water partition coefficient (Wildman–Crippen LogP) is -1.13. The molecule has 3 atom stereocenters. The number of carbonyl (C=O) groups excluding carboxylic acids is 2. The van der Waals surface area contributed by atoms with Crippen LogP contribution in [0.3, 0.4) is 0 Å². The van der Waals surface area contributed by atoms with Crippen LogP contribution >= 0.6 is 12.6 Å². The first-order valence-corrected chi connectivity index (χ1v) is 8.34. The molecule has 0 saturated heterocycles. The highest BCUT2D eigenvalue weighted by atomic mass is 32.1. The highest BCUT2D eigenvalue weighted by Gasteiger charge is 2.33. The molecule has 0 aromatic carbocycles. The number of nitrogens with two attached hydrogens (primary N) is 1. The Morgan fingerprint density at radius 3 is 2.22 bits per heavy atom. The molecule has 1 rings (SSSR count). The summed E-state index contributed by atoms with van der Waals surface area (Å²) in [5.41, 5.74) is 5.62. The molecule has 0 aromatic rings. The molecule has 0 radical (unpaired) electrons. The number of aliphatic hydroxyl groups excluding tert-OH is 1. The van der Waals surface area contributed by atoms with E-state index in [4.69, 9.17) is 15.9 Å². The number of hydrogen-bond acceptors (Lipinski definition) is 6. The average molecular weight is 347 g/mol. The number of carboxylic acids is 1. The zero-order valence-corrected chi connectivity index (χ0v) is 13.8. The minimum atomic E-state index is -1.40. The number of aliphatic carboxylic acids is 1. The van der Waals surface area contributed by atoms with Crippen LogP contribution in [0.1, 0.15) is 32.1 Å². The SMILES string of the molecule is N[C@@H](CS)C(=O)N[C@H](C(=O)N[C@@H](CO)C(=O)O)C1CCCCC1. The van der Waals surface area contributed by atoms with Crippen LogP contribution in [0, 0.1) is 5.92 Å². The highest BCUT2D eigenvalue weighted by Crippen LogP contribution is 2.26. The lowest BCUT2D eigenvalue weighted by Gasteiger charge is -2.31. The largest absolute Gasteiger partial charge is 0.480 e. The van der Waals surface area contributed by atoms with E-state index < -0.39 is 42.5 Å². The van der Waals surface area contributed by atoms with Crippen molar-refractivity contribution in [2.75, 3.05) is 12.4 Å². The molecule has 0 spiro atoms. The molecule has 9 heteroatoms. The lowest BCUT2D eigenvalue weighted by atomic mass is 9.83. The van der Waals surface area contributed by atoms with Gasteiger partial charge in [-0.25, -0.2) is 4.79 Å². The number of aliphatic hydroxyl groups is 1. The first-order valence-electron chi connectivity index (χ1n) is 7.71. The summed E-state index contributed by atoms with van der Waals surface area (Å²) >= 11 is 3.96. The maximum atomic E-state index is 12.4. The molecule has 1 fully saturated rings. The van der Waals surface area contributed by atoms with Gasteiger partial charge in [0.25, 0.3) is 0 Å². The fraction of sp³-hybridized carbons (Fsp3) is 0.786. The molecular weight excluding hydrogens is 322 g/mol. The monoisotopic (exact) mass is 347 g/mol. The van der Waals surface area contributed by atoms with Crippen molar-refractivity contribution in [3.8, 4) is 0 Å². The van der Waals surface area contributed by atoms with Gasteiger partial charge in [-0.05, 0) is 18.8 Å². The van der Waals surface area contributed by atoms with Gasteiger partial charge in [0, 0.05) is 5.75 Å². The van der Waals surface area contributed by atoms with Gasteiger partial charge >= 0.3 is 5.97 Å². The molecule has 0 unspecified atom stereocenters. The summed E-state index contributed by atoms with van der Waals surface area (Å²) in [5, 5.41) is 22.8. The minimum Gasteiger partial charge on any atom is -0.480 e. The van der Waals surface area contributed by atoms with Gasteiger partial charge in [0.15, 0.2) is 0 Å². The molecule has 2 amide bonds. The molecular formula is C14H25N3O5S. The van der Waals surface area contributed by atoms with Crippen molar-refractivity contribution in [2.45, 2.75) is 50.2 Å². The van der Waals surface area contributed by atoms with Crippen LogP contribution in [0.4, 0.5) is 0 Å². The summed E-state index contributed by atoms with van der Waals surface area (Å²) in [6.07, 6.45) is 4.51. The summed E-state index contributed by atoms with van der Waals surface area (Å²) < 4.78 is 0. The Morgan fingerprint density at radius 1 is 1.13 bits per heavy atom. The number of rotatable bonds is 8. The smallest absolute Gasteiger partial charge is 0.328 e. The van der Waals surface area contributed by atoms with Gasteiger partial charge < -0.3 is 26.6 Å². The van der Waals surface area contributed by atoms with Crippen LogP contribution in [0.5, 0.6) is 0 Å². The molecule has 1 aliphatic rings. The standard InChI is InChI=1S/C14H25N3O5S/c15-9(7-23)12(19)17-11(8-4-2-1-3-5-8)13(20)16-10(6-18)14(21)22/h8-11,18,23H,1-7,15H2,(H,16,20)(H,17,19)(H,21,22)/t9-,10-,11-/m0/s1. The Kier molecular flexibility index (Phi) is 8.35. The van der Waals surface area contributed by atoms with Gasteiger partial charge in [-0.3, -0.25) is 9.59 Å². The summed E-state index contributed by atoms with van der Waals surface area (Å²) in [4.78, 5) is 35.3. The molecule has 6 N–H and O–H groups in total. The second kappa shape index (κ2) is 9.74. The zero-order valence-electron chi connectivity index (χ0n) is 12.9. The van der Waals surface area contributed by atoms with Crippen molar-refractivity contribution < 1.29 is 24.6 Å². The van der Waals surface area contributed by atoms with Gasteiger partial charge in [-0.15, -0.1) is 0 Å². The normalized spacial score (nSPS) is 19.4. The number of hydrogen-bond donors (Lipinski definition) is 6. The lowest BCUT2D eigenvalue weighted by Crippen LogP contribution is -2.58. The van der Waals surface area contributed by atoms with Crippen LogP contribution in [0.15, 0.2) is 0 Å². The first kappa shape index (κ1) is 19.7. The van der Waals surface area contributed by atoms with Crippen molar-refractivity contribution >= 4 is 30.4 Å². The van der Waals surface area contributed by atoms with Gasteiger partial charge in [0.05, 0.1) is 12.6 Å². The Hall–Kier alpha value is -1.32. The Morgan fingerprint density at radius 2 is 1.74 bits per heavy atom. The molecule has 0 heterocycles. The maximum absolute atomic E-state index is 12.4. The third-order valence-corrected chi connectivity index (χ3v) is 4.43. The van der Waals surface area contributed by atoms with Crippen LogP contribution in [-0.4, -0.2) is 58.5 Å². The number of carboxylic acid groups (broad SMARTS) is 1. The van der Waals surface area contributed by atoms with E-state index in [2.05, 4.69) is 23.3 Å². The van der Waals surface area contributed by atoms with Crippen LogP contribution < -0.4 is 16.4 Å². The third kappa shape index (κ3) is 6.00. The molecule has 1 aliphatic carbocycles. The van der Waals surface area contributed by atoms with E-state index >= 15 is 0 Å². The van der Waals surface area contributed by atoms with Crippen LogP contribution in [0.2, 0.25) is 0 Å². The van der Waals surface area contributed by atoms with Gasteiger partial charge in [0.2, 0.25) is 11.8 Å². The summed E-state index contributed by atoms with van der Waals surface area (Å²) in [5.74, 6) is -2.38. The zero-order chi connectivity index (χ0) is 17.4. The summed E-state index contributed by atoms with van der Waals surface area (Å²) in [6.45, 7) is -0.720. The number of amides is 2.